The van der Waals surface area contributed by atoms with Crippen molar-refractivity contribution >= 4 is 21.9 Å². The molecule has 24 heavy (non-hydrogen) atoms. The van der Waals surface area contributed by atoms with Crippen molar-refractivity contribution in [2.75, 3.05) is 0 Å². The smallest absolute Gasteiger partial charge is 0.329 e. The number of carbonyl (C=O) groups is 2. The zero-order valence-electron chi connectivity index (χ0n) is 13.3. The molecule has 130 valence electrons. The molecule has 2 aliphatic rings. The number of sulfonamides is 1. The molecule has 1 amide bonds. The number of carboxylic acids is 1. The molecule has 8 heteroatoms. The number of aryl methyl sites for hydroxylation is 1. The molecule has 0 saturated heterocycles. The van der Waals surface area contributed by atoms with Crippen LogP contribution in [0.5, 0.6) is 0 Å². The summed E-state index contributed by atoms with van der Waals surface area (Å²) in [6.45, 7) is 1.69. The van der Waals surface area contributed by atoms with Crippen molar-refractivity contribution in [1.29, 1.82) is 0 Å². The standard InChI is InChI=1S/C16H20N2O5S/c1-10-3-6-12(24(22,23)18-11-4-5-11)9-13(10)14(19)17-16(15(20)21)7-2-8-16/h3,6,9,11,18H,2,4-5,7-8H2,1H3,(H,17,19)(H,20,21). The summed E-state index contributed by atoms with van der Waals surface area (Å²) in [5.41, 5.74) is -0.455. The third-order valence-corrected chi connectivity index (χ3v) is 6.15. The van der Waals surface area contributed by atoms with Crippen LogP contribution in [0.3, 0.4) is 0 Å². The van der Waals surface area contributed by atoms with Gasteiger partial charge < -0.3 is 10.4 Å². The number of rotatable bonds is 6. The van der Waals surface area contributed by atoms with Gasteiger partial charge >= 0.3 is 5.97 Å². The maximum absolute atomic E-state index is 12.5. The van der Waals surface area contributed by atoms with Crippen LogP contribution in [0.4, 0.5) is 0 Å². The van der Waals surface area contributed by atoms with Crippen LogP contribution < -0.4 is 10.0 Å². The van der Waals surface area contributed by atoms with Crippen LogP contribution in [-0.2, 0) is 14.8 Å². The Hall–Kier alpha value is -1.93. The average molecular weight is 352 g/mol. The molecule has 1 aromatic rings. The van der Waals surface area contributed by atoms with Crippen LogP contribution in [-0.4, -0.2) is 37.0 Å². The molecule has 3 rings (SSSR count). The van der Waals surface area contributed by atoms with Crippen LogP contribution in [0.1, 0.15) is 48.0 Å². The summed E-state index contributed by atoms with van der Waals surface area (Å²) in [7, 11) is -3.67. The molecule has 0 unspecified atom stereocenters. The van der Waals surface area contributed by atoms with Gasteiger partial charge in [0.2, 0.25) is 10.0 Å². The first-order chi connectivity index (χ1) is 11.2. The Morgan fingerprint density at radius 3 is 2.42 bits per heavy atom. The maximum atomic E-state index is 12.5. The fourth-order valence-electron chi connectivity index (χ4n) is 2.71. The summed E-state index contributed by atoms with van der Waals surface area (Å²) in [6, 6.07) is 4.29. The van der Waals surface area contributed by atoms with Gasteiger partial charge in [-0.3, -0.25) is 4.79 Å². The third kappa shape index (κ3) is 3.16. The Bertz CT molecular complexity index is 795. The Morgan fingerprint density at radius 1 is 1.25 bits per heavy atom. The molecule has 0 bridgehead atoms. The van der Waals surface area contributed by atoms with Gasteiger partial charge in [0.1, 0.15) is 5.54 Å². The molecule has 2 fully saturated rings. The summed E-state index contributed by atoms with van der Waals surface area (Å²) in [4.78, 5) is 23.9. The van der Waals surface area contributed by atoms with Crippen molar-refractivity contribution < 1.29 is 23.1 Å². The molecular weight excluding hydrogens is 332 g/mol. The third-order valence-electron chi connectivity index (χ3n) is 4.63. The number of carbonyl (C=O) groups excluding carboxylic acids is 1. The Kier molecular flexibility index (Phi) is 4.13. The minimum atomic E-state index is -3.67. The van der Waals surface area contributed by atoms with Gasteiger partial charge in [-0.2, -0.15) is 0 Å². The number of aliphatic carboxylic acids is 1. The second-order valence-corrected chi connectivity index (χ2v) is 8.28. The molecule has 0 heterocycles. The van der Waals surface area contributed by atoms with E-state index in [0.29, 0.717) is 18.4 Å². The van der Waals surface area contributed by atoms with Crippen molar-refractivity contribution in [3.8, 4) is 0 Å². The summed E-state index contributed by atoms with van der Waals surface area (Å²) in [5.74, 6) is -1.61. The normalized spacial score (nSPS) is 19.4. The van der Waals surface area contributed by atoms with Crippen LogP contribution >= 0.6 is 0 Å². The summed E-state index contributed by atoms with van der Waals surface area (Å²) in [6.07, 6.45) is 3.15. The van der Waals surface area contributed by atoms with Gasteiger partial charge in [-0.15, -0.1) is 0 Å². The predicted octanol–water partition coefficient (Wildman–Crippen LogP) is 1.17. The molecule has 0 spiro atoms. The van der Waals surface area contributed by atoms with E-state index in [1.807, 2.05) is 0 Å². The Labute approximate surface area is 140 Å². The molecule has 3 N–H and O–H groups in total. The van der Waals surface area contributed by atoms with Gasteiger partial charge in [0.05, 0.1) is 4.90 Å². The lowest BCUT2D eigenvalue weighted by atomic mass is 9.76. The number of amides is 1. The van der Waals surface area contributed by atoms with E-state index in [4.69, 9.17) is 0 Å². The van der Waals surface area contributed by atoms with Crippen molar-refractivity contribution in [1.82, 2.24) is 10.0 Å². The summed E-state index contributed by atoms with van der Waals surface area (Å²) < 4.78 is 27.2. The van der Waals surface area contributed by atoms with Crippen molar-refractivity contribution in [2.24, 2.45) is 0 Å². The van der Waals surface area contributed by atoms with E-state index in [2.05, 4.69) is 10.0 Å². The SMILES string of the molecule is Cc1ccc(S(=O)(=O)NC2CC2)cc1C(=O)NC1(C(=O)O)CCC1. The highest BCUT2D eigenvalue weighted by molar-refractivity contribution is 7.89. The molecule has 0 aromatic heterocycles. The predicted molar refractivity (Wildman–Crippen MR) is 86.2 cm³/mol. The lowest BCUT2D eigenvalue weighted by molar-refractivity contribution is -0.148. The fraction of sp³-hybridized carbons (Fsp3) is 0.500. The zero-order chi connectivity index (χ0) is 17.5. The minimum absolute atomic E-state index is 0.0168. The quantitative estimate of drug-likeness (QED) is 0.711. The topological polar surface area (TPSA) is 113 Å². The highest BCUT2D eigenvalue weighted by Crippen LogP contribution is 2.32. The lowest BCUT2D eigenvalue weighted by Gasteiger charge is -2.38. The number of benzene rings is 1. The van der Waals surface area contributed by atoms with E-state index in [1.165, 1.54) is 12.1 Å². The van der Waals surface area contributed by atoms with Crippen molar-refractivity contribution in [2.45, 2.75) is 55.5 Å². The Morgan fingerprint density at radius 2 is 1.92 bits per heavy atom. The fourth-order valence-corrected chi connectivity index (χ4v) is 4.04. The molecule has 0 radical (unpaired) electrons. The number of hydrogen-bond donors (Lipinski definition) is 3. The summed E-state index contributed by atoms with van der Waals surface area (Å²) >= 11 is 0. The monoisotopic (exact) mass is 352 g/mol. The van der Waals surface area contributed by atoms with E-state index in [1.54, 1.807) is 13.0 Å². The van der Waals surface area contributed by atoms with Crippen LogP contribution in [0, 0.1) is 6.92 Å². The van der Waals surface area contributed by atoms with Gasteiger partial charge in [0.25, 0.3) is 5.91 Å². The largest absolute Gasteiger partial charge is 0.480 e. The first-order valence-corrected chi connectivity index (χ1v) is 9.41. The molecule has 2 aliphatic carbocycles. The molecule has 2 saturated carbocycles. The molecule has 7 nitrogen and oxygen atoms in total. The number of nitrogens with one attached hydrogen (secondary N) is 2. The number of hydrogen-bond acceptors (Lipinski definition) is 4. The van der Waals surface area contributed by atoms with Gasteiger partial charge in [-0.05, 0) is 56.7 Å². The average Bonchev–Trinajstić information content (AvgIpc) is 3.25. The van der Waals surface area contributed by atoms with Crippen LogP contribution in [0.2, 0.25) is 0 Å². The van der Waals surface area contributed by atoms with Crippen molar-refractivity contribution in [3.05, 3.63) is 29.3 Å². The first-order valence-electron chi connectivity index (χ1n) is 7.92. The molecule has 0 aliphatic heterocycles. The Balaban J connectivity index is 1.86. The van der Waals surface area contributed by atoms with Gasteiger partial charge in [0, 0.05) is 11.6 Å². The van der Waals surface area contributed by atoms with E-state index >= 15 is 0 Å². The van der Waals surface area contributed by atoms with E-state index < -0.39 is 27.4 Å². The molecule has 0 atom stereocenters. The molecular formula is C16H20N2O5S. The molecule has 1 aromatic carbocycles. The second kappa shape index (κ2) is 5.86. The highest BCUT2D eigenvalue weighted by atomic mass is 32.2. The first kappa shape index (κ1) is 16.9. The van der Waals surface area contributed by atoms with Gasteiger partial charge in [0.15, 0.2) is 0 Å². The van der Waals surface area contributed by atoms with E-state index in [9.17, 15) is 23.1 Å². The highest BCUT2D eigenvalue weighted by Gasteiger charge is 2.46. The minimum Gasteiger partial charge on any atom is -0.480 e. The lowest BCUT2D eigenvalue weighted by Crippen LogP contribution is -2.59. The van der Waals surface area contributed by atoms with Crippen LogP contribution in [0.15, 0.2) is 23.1 Å². The van der Waals surface area contributed by atoms with Gasteiger partial charge in [-0.25, -0.2) is 17.9 Å². The maximum Gasteiger partial charge on any atom is 0.329 e. The number of carboxylic acid groups (broad SMARTS) is 1. The van der Waals surface area contributed by atoms with E-state index in [0.717, 1.165) is 19.3 Å². The van der Waals surface area contributed by atoms with Crippen LogP contribution in [0.25, 0.3) is 0 Å². The summed E-state index contributed by atoms with van der Waals surface area (Å²) in [5, 5.41) is 11.9. The van der Waals surface area contributed by atoms with E-state index in [-0.39, 0.29) is 16.5 Å². The van der Waals surface area contributed by atoms with Crippen molar-refractivity contribution in [3.63, 3.8) is 0 Å². The zero-order valence-corrected chi connectivity index (χ0v) is 14.1. The second-order valence-electron chi connectivity index (χ2n) is 6.57. The van der Waals surface area contributed by atoms with Gasteiger partial charge in [-0.1, -0.05) is 6.07 Å².